The van der Waals surface area contributed by atoms with Gasteiger partial charge in [0.25, 0.3) is 0 Å². The van der Waals surface area contributed by atoms with Crippen molar-refractivity contribution in [3.63, 3.8) is 0 Å². The minimum atomic E-state index is 0.334. The maximum Gasteiger partial charge on any atom is 0.137 e. The van der Waals surface area contributed by atoms with Gasteiger partial charge in [-0.2, -0.15) is 0 Å². The van der Waals surface area contributed by atoms with Gasteiger partial charge in [-0.05, 0) is 19.1 Å². The first-order chi connectivity index (χ1) is 7.72. The zero-order chi connectivity index (χ0) is 11.5. The van der Waals surface area contributed by atoms with Crippen molar-refractivity contribution in [2.24, 2.45) is 0 Å². The Morgan fingerprint density at radius 2 is 2.06 bits per heavy atom. The Bertz CT molecular complexity index is 502. The highest BCUT2D eigenvalue weighted by Crippen LogP contribution is 2.26. The van der Waals surface area contributed by atoms with Crippen LogP contribution in [0.5, 0.6) is 0 Å². The minimum Gasteiger partial charge on any atom is -0.361 e. The first-order valence-electron chi connectivity index (χ1n) is 4.87. The van der Waals surface area contributed by atoms with Crippen molar-refractivity contribution in [2.75, 3.05) is 0 Å². The van der Waals surface area contributed by atoms with Gasteiger partial charge in [0.1, 0.15) is 17.7 Å². The summed E-state index contributed by atoms with van der Waals surface area (Å²) in [5.74, 6) is 0.699. The molecular formula is C12H10BrNO2. The van der Waals surface area contributed by atoms with Crippen molar-refractivity contribution in [3.8, 4) is 11.3 Å². The van der Waals surface area contributed by atoms with E-state index >= 15 is 0 Å². The second-order valence-electron chi connectivity index (χ2n) is 3.44. The molecule has 4 heteroatoms. The number of aryl methyl sites for hydroxylation is 1. The number of aldehydes is 1. The molecule has 1 aromatic heterocycles. The second kappa shape index (κ2) is 4.61. The Morgan fingerprint density at radius 3 is 2.69 bits per heavy atom. The van der Waals surface area contributed by atoms with E-state index in [1.54, 1.807) is 0 Å². The van der Waals surface area contributed by atoms with E-state index in [-0.39, 0.29) is 0 Å². The van der Waals surface area contributed by atoms with Gasteiger partial charge >= 0.3 is 0 Å². The highest BCUT2D eigenvalue weighted by atomic mass is 79.9. The Kier molecular flexibility index (Phi) is 3.19. The first-order valence-corrected chi connectivity index (χ1v) is 5.66. The summed E-state index contributed by atoms with van der Waals surface area (Å²) in [6.07, 6.45) is 1.20. The van der Waals surface area contributed by atoms with Gasteiger partial charge in [0.05, 0.1) is 0 Å². The largest absolute Gasteiger partial charge is 0.361 e. The van der Waals surface area contributed by atoms with Gasteiger partial charge < -0.3 is 9.32 Å². The van der Waals surface area contributed by atoms with Crippen LogP contribution in [0.25, 0.3) is 11.3 Å². The molecule has 0 spiro atoms. The smallest absolute Gasteiger partial charge is 0.137 e. The highest BCUT2D eigenvalue weighted by molar-refractivity contribution is 9.10. The van der Waals surface area contributed by atoms with E-state index in [4.69, 9.17) is 4.52 Å². The molecule has 16 heavy (non-hydrogen) atoms. The molecule has 82 valence electrons. The van der Waals surface area contributed by atoms with Crippen molar-refractivity contribution in [1.29, 1.82) is 0 Å². The average molecular weight is 280 g/mol. The Balaban J connectivity index is 2.47. The lowest BCUT2D eigenvalue weighted by molar-refractivity contribution is -0.107. The summed E-state index contributed by atoms with van der Waals surface area (Å²) < 4.78 is 6.12. The number of benzene rings is 1. The Labute approximate surface area is 102 Å². The van der Waals surface area contributed by atoms with Crippen LogP contribution in [0.15, 0.2) is 33.3 Å². The highest BCUT2D eigenvalue weighted by Gasteiger charge is 2.13. The number of carbonyl (C=O) groups is 1. The summed E-state index contributed by atoms with van der Waals surface area (Å²) in [7, 11) is 0. The summed E-state index contributed by atoms with van der Waals surface area (Å²) >= 11 is 3.37. The number of hydrogen-bond acceptors (Lipinski definition) is 3. The molecule has 0 saturated heterocycles. The van der Waals surface area contributed by atoms with Crippen molar-refractivity contribution in [2.45, 2.75) is 13.3 Å². The summed E-state index contributed by atoms with van der Waals surface area (Å²) in [5, 5.41) is 3.99. The second-order valence-corrected chi connectivity index (χ2v) is 4.36. The molecule has 0 N–H and O–H groups in total. The fraction of sp³-hybridized carbons (Fsp3) is 0.167. The van der Waals surface area contributed by atoms with Gasteiger partial charge in [0.15, 0.2) is 0 Å². The van der Waals surface area contributed by atoms with Gasteiger partial charge in [-0.25, -0.2) is 0 Å². The molecule has 3 nitrogen and oxygen atoms in total. The van der Waals surface area contributed by atoms with Crippen LogP contribution in [0.1, 0.15) is 11.3 Å². The van der Waals surface area contributed by atoms with E-state index in [0.29, 0.717) is 12.2 Å². The van der Waals surface area contributed by atoms with Crippen LogP contribution in [0, 0.1) is 6.92 Å². The third kappa shape index (κ3) is 2.07. The first kappa shape index (κ1) is 11.1. The summed E-state index contributed by atoms with van der Waals surface area (Å²) in [5.41, 5.74) is 2.56. The molecule has 0 aliphatic heterocycles. The number of carbonyl (C=O) groups excluding carboxylic acids is 1. The fourth-order valence-electron chi connectivity index (χ4n) is 1.55. The molecule has 0 amide bonds. The zero-order valence-electron chi connectivity index (χ0n) is 8.74. The molecule has 0 unspecified atom stereocenters. The third-order valence-electron chi connectivity index (χ3n) is 2.39. The van der Waals surface area contributed by atoms with Crippen LogP contribution >= 0.6 is 15.9 Å². The predicted molar refractivity (Wildman–Crippen MR) is 64.1 cm³/mol. The molecular weight excluding hydrogens is 270 g/mol. The van der Waals surface area contributed by atoms with Crippen LogP contribution in [0.2, 0.25) is 0 Å². The van der Waals surface area contributed by atoms with Gasteiger partial charge in [-0.3, -0.25) is 0 Å². The lowest BCUT2D eigenvalue weighted by Gasteiger charge is -1.99. The summed E-state index contributed by atoms with van der Waals surface area (Å²) in [4.78, 5) is 10.6. The normalized spacial score (nSPS) is 10.4. The van der Waals surface area contributed by atoms with E-state index in [1.807, 2.05) is 31.2 Å². The van der Waals surface area contributed by atoms with E-state index in [2.05, 4.69) is 21.1 Å². The van der Waals surface area contributed by atoms with E-state index < -0.39 is 0 Å². The van der Waals surface area contributed by atoms with Crippen molar-refractivity contribution < 1.29 is 9.32 Å². The predicted octanol–water partition coefficient (Wildman–Crippen LogP) is 3.15. The summed E-state index contributed by atoms with van der Waals surface area (Å²) in [6, 6.07) is 7.75. The number of nitrogens with zero attached hydrogens (tertiary/aromatic N) is 1. The number of aromatic nitrogens is 1. The lowest BCUT2D eigenvalue weighted by atomic mass is 10.0. The van der Waals surface area contributed by atoms with Gasteiger partial charge in [0, 0.05) is 22.0 Å². The number of hydrogen-bond donors (Lipinski definition) is 0. The SMILES string of the molecule is Cc1onc(-c2ccc(Br)cc2)c1CC=O. The van der Waals surface area contributed by atoms with Crippen LogP contribution < -0.4 is 0 Å². The zero-order valence-corrected chi connectivity index (χ0v) is 10.3. The lowest BCUT2D eigenvalue weighted by Crippen LogP contribution is -1.90. The quantitative estimate of drug-likeness (QED) is 0.811. The van der Waals surface area contributed by atoms with Crippen molar-refractivity contribution in [3.05, 3.63) is 40.1 Å². The van der Waals surface area contributed by atoms with Crippen LogP contribution in [-0.2, 0) is 11.2 Å². The third-order valence-corrected chi connectivity index (χ3v) is 2.92. The standard InChI is InChI=1S/C12H10BrNO2/c1-8-11(6-7-15)12(14-16-8)9-2-4-10(13)5-3-9/h2-5,7H,6H2,1H3. The molecule has 0 radical (unpaired) electrons. The molecule has 0 aliphatic rings. The maximum absolute atomic E-state index is 10.6. The molecule has 2 aromatic rings. The average Bonchev–Trinajstić information content (AvgIpc) is 2.63. The molecule has 2 rings (SSSR count). The van der Waals surface area contributed by atoms with Crippen LogP contribution in [-0.4, -0.2) is 11.4 Å². The van der Waals surface area contributed by atoms with Crippen LogP contribution in [0.4, 0.5) is 0 Å². The van der Waals surface area contributed by atoms with E-state index in [0.717, 1.165) is 27.6 Å². The number of rotatable bonds is 3. The van der Waals surface area contributed by atoms with Gasteiger partial charge in [0.2, 0.25) is 0 Å². The van der Waals surface area contributed by atoms with Gasteiger partial charge in [-0.1, -0.05) is 33.2 Å². The number of halogens is 1. The monoisotopic (exact) mass is 279 g/mol. The molecule has 0 saturated carbocycles. The fourth-order valence-corrected chi connectivity index (χ4v) is 1.81. The molecule has 1 aromatic carbocycles. The molecule has 1 heterocycles. The Morgan fingerprint density at radius 1 is 1.38 bits per heavy atom. The topological polar surface area (TPSA) is 43.1 Å². The molecule has 0 bridgehead atoms. The van der Waals surface area contributed by atoms with E-state index in [9.17, 15) is 4.79 Å². The van der Waals surface area contributed by atoms with E-state index in [1.165, 1.54) is 0 Å². The minimum absolute atomic E-state index is 0.334. The molecule has 0 fully saturated rings. The van der Waals surface area contributed by atoms with Crippen molar-refractivity contribution >= 4 is 22.2 Å². The summed E-state index contributed by atoms with van der Waals surface area (Å²) in [6.45, 7) is 1.81. The van der Waals surface area contributed by atoms with Crippen LogP contribution in [0.3, 0.4) is 0 Å². The maximum atomic E-state index is 10.6. The Hall–Kier alpha value is -1.42. The van der Waals surface area contributed by atoms with Crippen molar-refractivity contribution in [1.82, 2.24) is 5.16 Å². The molecule has 0 atom stereocenters. The molecule has 0 aliphatic carbocycles. The van der Waals surface area contributed by atoms with Gasteiger partial charge in [-0.15, -0.1) is 0 Å².